The smallest absolute Gasteiger partial charge is 0.254 e. The van der Waals surface area contributed by atoms with Crippen LogP contribution in [0.5, 0.6) is 17.2 Å². The molecule has 0 aliphatic carbocycles. The van der Waals surface area contributed by atoms with Crippen LogP contribution < -0.4 is 19.1 Å². The van der Waals surface area contributed by atoms with Crippen LogP contribution in [0.15, 0.2) is 60.7 Å². The number of piperazine rings is 1. The third-order valence-electron chi connectivity index (χ3n) is 7.69. The van der Waals surface area contributed by atoms with Crippen molar-refractivity contribution in [3.63, 3.8) is 0 Å². The molecule has 2 aliphatic heterocycles. The highest BCUT2D eigenvalue weighted by Gasteiger charge is 2.46. The average molecular weight is 534 g/mol. The van der Waals surface area contributed by atoms with Crippen molar-refractivity contribution < 1.29 is 28.2 Å². The van der Waals surface area contributed by atoms with Crippen molar-refractivity contribution in [1.29, 1.82) is 0 Å². The van der Waals surface area contributed by atoms with Gasteiger partial charge in [0.2, 0.25) is 5.91 Å². The SMILES string of the molecule is COc1ccc(N2CCN(C(=O)[C@H]3c4cc(OC)c(OC)cc4C(=O)N(C)[C@H]3c3ccccc3F)CC2)cc1. The van der Waals surface area contributed by atoms with Crippen LogP contribution in [0.3, 0.4) is 0 Å². The minimum Gasteiger partial charge on any atom is -0.497 e. The molecule has 1 fully saturated rings. The maximum Gasteiger partial charge on any atom is 0.254 e. The molecule has 2 heterocycles. The quantitative estimate of drug-likeness (QED) is 0.475. The number of carbonyl (C=O) groups is 2. The van der Waals surface area contributed by atoms with Crippen molar-refractivity contribution in [2.75, 3.05) is 59.5 Å². The molecular weight excluding hydrogens is 501 g/mol. The molecule has 0 saturated carbocycles. The van der Waals surface area contributed by atoms with Crippen LogP contribution in [0.25, 0.3) is 0 Å². The second-order valence-electron chi connectivity index (χ2n) is 9.66. The molecule has 0 aromatic heterocycles. The van der Waals surface area contributed by atoms with Crippen LogP contribution in [-0.4, -0.2) is 76.2 Å². The largest absolute Gasteiger partial charge is 0.497 e. The minimum absolute atomic E-state index is 0.162. The van der Waals surface area contributed by atoms with E-state index in [-0.39, 0.29) is 11.8 Å². The summed E-state index contributed by atoms with van der Waals surface area (Å²) in [6.07, 6.45) is 0. The lowest BCUT2D eigenvalue weighted by atomic mass is 9.78. The number of benzene rings is 3. The molecule has 0 bridgehead atoms. The molecule has 0 unspecified atom stereocenters. The Kier molecular flexibility index (Phi) is 7.32. The summed E-state index contributed by atoms with van der Waals surface area (Å²) in [5.41, 5.74) is 2.20. The number of methoxy groups -OCH3 is 3. The molecule has 3 aromatic rings. The first-order valence-corrected chi connectivity index (χ1v) is 12.8. The molecule has 5 rings (SSSR count). The molecule has 0 radical (unpaired) electrons. The highest BCUT2D eigenvalue weighted by atomic mass is 19.1. The summed E-state index contributed by atoms with van der Waals surface area (Å²) >= 11 is 0. The molecule has 1 saturated heterocycles. The van der Waals surface area contributed by atoms with Crippen LogP contribution in [0.1, 0.15) is 33.4 Å². The number of anilines is 1. The van der Waals surface area contributed by atoms with Gasteiger partial charge in [-0.3, -0.25) is 9.59 Å². The molecule has 0 spiro atoms. The Labute approximate surface area is 227 Å². The van der Waals surface area contributed by atoms with E-state index in [4.69, 9.17) is 14.2 Å². The Hall–Kier alpha value is -4.27. The Morgan fingerprint density at radius 3 is 2.10 bits per heavy atom. The fourth-order valence-corrected chi connectivity index (χ4v) is 5.59. The van der Waals surface area contributed by atoms with E-state index < -0.39 is 17.8 Å². The van der Waals surface area contributed by atoms with Crippen LogP contribution in [0, 0.1) is 5.82 Å². The molecule has 2 amide bonds. The predicted octanol–water partition coefficient (Wildman–Crippen LogP) is 4.11. The van der Waals surface area contributed by atoms with Gasteiger partial charge < -0.3 is 28.9 Å². The Balaban J connectivity index is 1.51. The van der Waals surface area contributed by atoms with Gasteiger partial charge in [0.05, 0.1) is 33.3 Å². The van der Waals surface area contributed by atoms with Crippen molar-refractivity contribution >= 4 is 17.5 Å². The van der Waals surface area contributed by atoms with E-state index in [1.807, 2.05) is 29.2 Å². The maximum atomic E-state index is 15.2. The number of halogens is 1. The maximum absolute atomic E-state index is 15.2. The topological polar surface area (TPSA) is 71.5 Å². The van der Waals surface area contributed by atoms with Crippen molar-refractivity contribution in [3.8, 4) is 17.2 Å². The predicted molar refractivity (Wildman–Crippen MR) is 145 cm³/mol. The normalized spacial score (nSPS) is 19.0. The lowest BCUT2D eigenvalue weighted by Gasteiger charge is -2.43. The van der Waals surface area contributed by atoms with Gasteiger partial charge in [0.25, 0.3) is 5.91 Å². The van der Waals surface area contributed by atoms with Crippen molar-refractivity contribution in [2.24, 2.45) is 0 Å². The second kappa shape index (κ2) is 10.8. The van der Waals surface area contributed by atoms with Gasteiger partial charge in [0.1, 0.15) is 11.6 Å². The minimum atomic E-state index is -0.827. The van der Waals surface area contributed by atoms with E-state index in [0.29, 0.717) is 54.4 Å². The van der Waals surface area contributed by atoms with Crippen molar-refractivity contribution in [2.45, 2.75) is 12.0 Å². The second-order valence-corrected chi connectivity index (χ2v) is 9.66. The summed E-state index contributed by atoms with van der Waals surface area (Å²) in [7, 11) is 6.24. The molecule has 2 aliphatic rings. The fraction of sp³-hybridized carbons (Fsp3) is 0.333. The van der Waals surface area contributed by atoms with Gasteiger partial charge in [-0.25, -0.2) is 4.39 Å². The van der Waals surface area contributed by atoms with Gasteiger partial charge in [-0.05, 0) is 48.0 Å². The first kappa shape index (κ1) is 26.3. The number of hydrogen-bond acceptors (Lipinski definition) is 6. The number of nitrogens with zero attached hydrogens (tertiary/aromatic N) is 3. The van der Waals surface area contributed by atoms with Crippen molar-refractivity contribution in [3.05, 3.63) is 83.2 Å². The number of fused-ring (bicyclic) bond motifs is 1. The first-order valence-electron chi connectivity index (χ1n) is 12.8. The van der Waals surface area contributed by atoms with E-state index in [1.54, 1.807) is 44.5 Å². The monoisotopic (exact) mass is 533 g/mol. The Morgan fingerprint density at radius 1 is 0.846 bits per heavy atom. The lowest BCUT2D eigenvalue weighted by Crippen LogP contribution is -2.53. The van der Waals surface area contributed by atoms with E-state index in [2.05, 4.69) is 4.90 Å². The molecule has 2 atom stereocenters. The zero-order valence-corrected chi connectivity index (χ0v) is 22.5. The molecule has 39 heavy (non-hydrogen) atoms. The molecule has 3 aromatic carbocycles. The van der Waals surface area contributed by atoms with Gasteiger partial charge in [-0.2, -0.15) is 0 Å². The fourth-order valence-electron chi connectivity index (χ4n) is 5.59. The van der Waals surface area contributed by atoms with E-state index in [0.717, 1.165) is 11.4 Å². The summed E-state index contributed by atoms with van der Waals surface area (Å²) in [6.45, 7) is 2.27. The summed E-state index contributed by atoms with van der Waals surface area (Å²) in [5, 5.41) is 0. The van der Waals surface area contributed by atoms with Crippen LogP contribution in [-0.2, 0) is 4.79 Å². The number of carbonyl (C=O) groups excluding carboxylic acids is 2. The van der Waals surface area contributed by atoms with Gasteiger partial charge in [-0.1, -0.05) is 18.2 Å². The van der Waals surface area contributed by atoms with Gasteiger partial charge in [-0.15, -0.1) is 0 Å². The van der Waals surface area contributed by atoms with Crippen LogP contribution in [0.4, 0.5) is 10.1 Å². The molecule has 204 valence electrons. The first-order chi connectivity index (χ1) is 18.9. The van der Waals surface area contributed by atoms with E-state index >= 15 is 4.39 Å². The van der Waals surface area contributed by atoms with Gasteiger partial charge in [0.15, 0.2) is 11.5 Å². The molecule has 8 nitrogen and oxygen atoms in total. The van der Waals surface area contributed by atoms with Crippen LogP contribution >= 0.6 is 0 Å². The van der Waals surface area contributed by atoms with E-state index in [1.165, 1.54) is 25.2 Å². The summed E-state index contributed by atoms with van der Waals surface area (Å²) in [6, 6.07) is 16.6. The zero-order valence-electron chi connectivity index (χ0n) is 22.5. The summed E-state index contributed by atoms with van der Waals surface area (Å²) in [5.74, 6) is -0.184. The lowest BCUT2D eigenvalue weighted by molar-refractivity contribution is -0.134. The van der Waals surface area contributed by atoms with Gasteiger partial charge in [0, 0.05) is 50.0 Å². The standard InChI is InChI=1S/C30H32FN3O5/c1-32-28(21-7-5-6-8-24(21)31)27(22-17-25(38-3)26(39-4)18-23(22)29(32)35)30(36)34-15-13-33(14-16-34)19-9-11-20(37-2)12-10-19/h5-12,17-18,27-28H,13-16H2,1-4H3/t27-,28-/m0/s1. The average Bonchev–Trinajstić information content (AvgIpc) is 2.98. The highest BCUT2D eigenvalue weighted by molar-refractivity contribution is 6.02. The number of likely N-dealkylation sites (N-methyl/N-ethyl adjacent to an activating group) is 1. The summed E-state index contributed by atoms with van der Waals surface area (Å²) in [4.78, 5) is 33.3. The van der Waals surface area contributed by atoms with Crippen molar-refractivity contribution in [1.82, 2.24) is 9.80 Å². The van der Waals surface area contributed by atoms with Gasteiger partial charge >= 0.3 is 0 Å². The number of ether oxygens (including phenoxy) is 3. The zero-order chi connectivity index (χ0) is 27.7. The third-order valence-corrected chi connectivity index (χ3v) is 7.69. The Morgan fingerprint density at radius 2 is 1.49 bits per heavy atom. The third kappa shape index (κ3) is 4.73. The van der Waals surface area contributed by atoms with Crippen LogP contribution in [0.2, 0.25) is 0 Å². The Bertz CT molecular complexity index is 1370. The highest BCUT2D eigenvalue weighted by Crippen LogP contribution is 2.46. The number of rotatable bonds is 6. The summed E-state index contributed by atoms with van der Waals surface area (Å²) < 4.78 is 31.4. The molecular formula is C30H32FN3O5. The van der Waals surface area contributed by atoms with E-state index in [9.17, 15) is 9.59 Å². The number of hydrogen-bond donors (Lipinski definition) is 0. The molecule has 0 N–H and O–H groups in total. The number of amides is 2. The molecule has 9 heteroatoms.